The lowest BCUT2D eigenvalue weighted by molar-refractivity contribution is 0.108. The number of hydrogen-bond acceptors (Lipinski definition) is 4. The Balaban J connectivity index is 2.20. The number of carbonyl (C=O) groups excluding carboxylic acids is 1. The van der Waals surface area contributed by atoms with Gasteiger partial charge in [0.1, 0.15) is 0 Å². The smallest absolute Gasteiger partial charge is 0.252 e. The molecule has 1 aliphatic heterocycles. The molecule has 0 amide bonds. The highest BCUT2D eigenvalue weighted by atomic mass is 35.5. The number of carbonyl (C=O) groups is 1. The van der Waals surface area contributed by atoms with E-state index in [1.54, 1.807) is 60.7 Å². The summed E-state index contributed by atoms with van der Waals surface area (Å²) in [6.45, 7) is 5.59. The highest BCUT2D eigenvalue weighted by Gasteiger charge is 2.53. The zero-order valence-corrected chi connectivity index (χ0v) is 16.9. The first-order valence-electron chi connectivity index (χ1n) is 8.47. The second-order valence-electron chi connectivity index (χ2n) is 7.43. The van der Waals surface area contributed by atoms with Crippen LogP contribution < -0.4 is 0 Å². The second-order valence-corrected chi connectivity index (χ2v) is 9.85. The van der Waals surface area contributed by atoms with Crippen molar-refractivity contribution < 1.29 is 13.2 Å². The van der Waals surface area contributed by atoms with E-state index in [1.165, 1.54) is 6.21 Å². The molecule has 0 fully saturated rings. The predicted molar refractivity (Wildman–Crippen MR) is 109 cm³/mol. The van der Waals surface area contributed by atoms with Gasteiger partial charge < -0.3 is 0 Å². The van der Waals surface area contributed by atoms with Crippen LogP contribution in [0.25, 0.3) is 11.1 Å². The van der Waals surface area contributed by atoms with Gasteiger partial charge in [-0.05, 0) is 47.5 Å². The van der Waals surface area contributed by atoms with Gasteiger partial charge in [-0.25, -0.2) is 8.42 Å². The molecule has 1 atom stereocenters. The standard InChI is InChI=1S/C21H20ClNO3S/c1-20(2,3)21(13-6-14-23-21)27(25,26)18-8-5-4-7-17(18)15-9-11-16(12-10-15)19(22)24/h4-14H,1-3H3. The molecule has 140 valence electrons. The number of sulfone groups is 1. The lowest BCUT2D eigenvalue weighted by atomic mass is 9.87. The summed E-state index contributed by atoms with van der Waals surface area (Å²) in [6.07, 6.45) is 4.85. The van der Waals surface area contributed by atoms with Gasteiger partial charge in [0.15, 0.2) is 4.87 Å². The Kier molecular flexibility index (Phi) is 4.87. The first-order valence-corrected chi connectivity index (χ1v) is 10.3. The van der Waals surface area contributed by atoms with Crippen LogP contribution in [-0.4, -0.2) is 24.7 Å². The minimum absolute atomic E-state index is 0.202. The molecule has 0 aromatic heterocycles. The third-order valence-electron chi connectivity index (χ3n) is 4.76. The Labute approximate surface area is 164 Å². The summed E-state index contributed by atoms with van der Waals surface area (Å²) in [7, 11) is -3.84. The second kappa shape index (κ2) is 6.73. The maximum absolute atomic E-state index is 13.7. The zero-order chi connectivity index (χ0) is 19.9. The van der Waals surface area contributed by atoms with Crippen LogP contribution in [0.4, 0.5) is 0 Å². The van der Waals surface area contributed by atoms with Crippen LogP contribution >= 0.6 is 11.6 Å². The van der Waals surface area contributed by atoms with Crippen molar-refractivity contribution in [3.63, 3.8) is 0 Å². The lowest BCUT2D eigenvalue weighted by Crippen LogP contribution is -2.45. The molecule has 6 heteroatoms. The van der Waals surface area contributed by atoms with Crippen molar-refractivity contribution in [1.82, 2.24) is 0 Å². The van der Waals surface area contributed by atoms with Crippen LogP contribution in [0.2, 0.25) is 0 Å². The molecule has 4 nitrogen and oxygen atoms in total. The van der Waals surface area contributed by atoms with Crippen molar-refractivity contribution in [3.05, 3.63) is 66.2 Å². The van der Waals surface area contributed by atoms with E-state index in [0.29, 0.717) is 16.7 Å². The molecule has 0 radical (unpaired) electrons. The molecule has 0 saturated carbocycles. The van der Waals surface area contributed by atoms with Crippen LogP contribution in [0, 0.1) is 5.41 Å². The normalized spacial score (nSPS) is 19.4. The summed E-state index contributed by atoms with van der Waals surface area (Å²) in [5, 5.41) is -0.556. The number of hydrogen-bond donors (Lipinski definition) is 0. The minimum atomic E-state index is -3.84. The fraction of sp³-hybridized carbons (Fsp3) is 0.238. The summed E-state index contributed by atoms with van der Waals surface area (Å²) in [5.74, 6) is 0. The van der Waals surface area contributed by atoms with Crippen molar-refractivity contribution in [3.8, 4) is 11.1 Å². The topological polar surface area (TPSA) is 63.6 Å². The summed E-state index contributed by atoms with van der Waals surface area (Å²) in [5.41, 5.74) is 0.962. The Morgan fingerprint density at radius 1 is 1.04 bits per heavy atom. The molecule has 2 aromatic rings. The number of benzene rings is 2. The number of allylic oxidation sites excluding steroid dienone is 1. The molecule has 1 unspecified atom stereocenters. The van der Waals surface area contributed by atoms with Gasteiger partial charge in [0, 0.05) is 22.8 Å². The number of rotatable bonds is 4. The van der Waals surface area contributed by atoms with E-state index in [9.17, 15) is 13.2 Å². The molecule has 27 heavy (non-hydrogen) atoms. The monoisotopic (exact) mass is 401 g/mol. The maximum Gasteiger partial charge on any atom is 0.252 e. The quantitative estimate of drug-likeness (QED) is 0.685. The zero-order valence-electron chi connectivity index (χ0n) is 15.3. The van der Waals surface area contributed by atoms with Gasteiger partial charge in [-0.15, -0.1) is 0 Å². The Bertz CT molecular complexity index is 1030. The van der Waals surface area contributed by atoms with E-state index in [2.05, 4.69) is 4.99 Å². The number of aliphatic imine (C=N–C) groups is 1. The lowest BCUT2D eigenvalue weighted by Gasteiger charge is -2.37. The van der Waals surface area contributed by atoms with Gasteiger partial charge in [0.2, 0.25) is 9.84 Å². The van der Waals surface area contributed by atoms with Crippen LogP contribution in [-0.2, 0) is 9.84 Å². The molecule has 1 heterocycles. The van der Waals surface area contributed by atoms with Crippen LogP contribution in [0.3, 0.4) is 0 Å². The van der Waals surface area contributed by atoms with Gasteiger partial charge in [-0.3, -0.25) is 9.79 Å². The molecule has 1 aliphatic rings. The van der Waals surface area contributed by atoms with Gasteiger partial charge in [-0.1, -0.05) is 51.1 Å². The highest BCUT2D eigenvalue weighted by molar-refractivity contribution is 7.93. The summed E-state index contributed by atoms with van der Waals surface area (Å²) < 4.78 is 27.5. The van der Waals surface area contributed by atoms with Gasteiger partial charge in [0.25, 0.3) is 5.24 Å². The molecule has 0 spiro atoms. The summed E-state index contributed by atoms with van der Waals surface area (Å²) in [6, 6.07) is 13.4. The van der Waals surface area contributed by atoms with Crippen LogP contribution in [0.5, 0.6) is 0 Å². The fourth-order valence-corrected chi connectivity index (χ4v) is 5.72. The van der Waals surface area contributed by atoms with E-state index in [4.69, 9.17) is 11.6 Å². The maximum atomic E-state index is 13.7. The largest absolute Gasteiger partial charge is 0.276 e. The van der Waals surface area contributed by atoms with Crippen molar-refractivity contribution in [2.75, 3.05) is 0 Å². The van der Waals surface area contributed by atoms with Crippen molar-refractivity contribution >= 4 is 32.9 Å². The first kappa shape index (κ1) is 19.5. The summed E-state index contributed by atoms with van der Waals surface area (Å²) in [4.78, 5) is 14.5. The molecule has 0 N–H and O–H groups in total. The Hall–Kier alpha value is -2.24. The van der Waals surface area contributed by atoms with E-state index < -0.39 is 25.4 Å². The third-order valence-corrected chi connectivity index (χ3v) is 7.58. The molecular weight excluding hydrogens is 382 g/mol. The predicted octanol–water partition coefficient (Wildman–Crippen LogP) is 4.89. The molecule has 0 bridgehead atoms. The molecular formula is C21H20ClNO3S. The molecule has 3 rings (SSSR count). The first-order chi connectivity index (χ1) is 12.6. The van der Waals surface area contributed by atoms with E-state index >= 15 is 0 Å². The minimum Gasteiger partial charge on any atom is -0.276 e. The van der Waals surface area contributed by atoms with Gasteiger partial charge >= 0.3 is 0 Å². The summed E-state index contributed by atoms with van der Waals surface area (Å²) >= 11 is 5.50. The average Bonchev–Trinajstić information content (AvgIpc) is 3.14. The van der Waals surface area contributed by atoms with E-state index in [0.717, 1.165) is 0 Å². The molecule has 2 aromatic carbocycles. The molecule has 0 saturated heterocycles. The average molecular weight is 402 g/mol. The van der Waals surface area contributed by atoms with Gasteiger partial charge in [0.05, 0.1) is 4.90 Å². The fourth-order valence-electron chi connectivity index (χ4n) is 3.26. The number of nitrogens with zero attached hydrogens (tertiary/aromatic N) is 1. The third kappa shape index (κ3) is 3.15. The van der Waals surface area contributed by atoms with Crippen molar-refractivity contribution in [1.29, 1.82) is 0 Å². The SMILES string of the molecule is CC(C)(C)C1(S(=O)(=O)c2ccccc2-c2ccc(C(=O)Cl)cc2)C=CC=N1. The van der Waals surface area contributed by atoms with Gasteiger partial charge in [-0.2, -0.15) is 0 Å². The Morgan fingerprint density at radius 3 is 2.19 bits per heavy atom. The highest BCUT2D eigenvalue weighted by Crippen LogP contribution is 2.46. The molecule has 0 aliphatic carbocycles. The van der Waals surface area contributed by atoms with Crippen molar-refractivity contribution in [2.45, 2.75) is 30.5 Å². The van der Waals surface area contributed by atoms with E-state index in [-0.39, 0.29) is 4.90 Å². The van der Waals surface area contributed by atoms with E-state index in [1.807, 2.05) is 20.8 Å². The Morgan fingerprint density at radius 2 is 1.67 bits per heavy atom. The van der Waals surface area contributed by atoms with Crippen LogP contribution in [0.1, 0.15) is 31.1 Å². The van der Waals surface area contributed by atoms with Crippen molar-refractivity contribution in [2.24, 2.45) is 10.4 Å². The number of halogens is 1. The van der Waals surface area contributed by atoms with Crippen LogP contribution in [0.15, 0.2) is 70.6 Å².